The Balaban J connectivity index is 2.62. The van der Waals surface area contributed by atoms with Crippen molar-refractivity contribution in [2.24, 2.45) is 11.8 Å². The minimum Gasteiger partial charge on any atom is -0.462 e. The van der Waals surface area contributed by atoms with Crippen LogP contribution in [-0.4, -0.2) is 31.8 Å². The monoisotopic (exact) mass is 451 g/mol. The second-order valence-electron chi connectivity index (χ2n) is 8.54. The topological polar surface area (TPSA) is 73.9 Å². The molecule has 0 fully saturated rings. The average molecular weight is 452 g/mol. The number of ether oxygens (including phenoxy) is 3. The van der Waals surface area contributed by atoms with Crippen LogP contribution in [0, 0.1) is 11.8 Å². The molecule has 8 heteroatoms. The molecule has 0 spiro atoms. The molecule has 0 atom stereocenters. The van der Waals surface area contributed by atoms with Crippen molar-refractivity contribution in [3.63, 3.8) is 0 Å². The minimum atomic E-state index is -3.07. The SMILES string of the molecule is CC1=C(C(=O)OCC(C)C)C(c2ccccc2OC(F)F)C(C(=O)OCC(C)C)=C(C)N1. The number of para-hydroxylation sites is 1. The lowest BCUT2D eigenvalue weighted by molar-refractivity contribution is -0.141. The van der Waals surface area contributed by atoms with Crippen LogP contribution in [0.2, 0.25) is 0 Å². The summed E-state index contributed by atoms with van der Waals surface area (Å²) >= 11 is 0. The summed E-state index contributed by atoms with van der Waals surface area (Å²) in [6, 6.07) is 6.11. The van der Waals surface area contributed by atoms with Crippen LogP contribution >= 0.6 is 0 Å². The average Bonchev–Trinajstić information content (AvgIpc) is 2.69. The molecule has 1 aromatic carbocycles. The molecule has 0 aliphatic carbocycles. The molecule has 176 valence electrons. The Labute approximate surface area is 187 Å². The molecular formula is C24H31F2NO5. The zero-order valence-corrected chi connectivity index (χ0v) is 19.3. The van der Waals surface area contributed by atoms with Gasteiger partial charge in [-0.2, -0.15) is 8.78 Å². The molecule has 1 aliphatic rings. The van der Waals surface area contributed by atoms with E-state index in [1.54, 1.807) is 32.0 Å². The molecule has 1 aliphatic heterocycles. The van der Waals surface area contributed by atoms with Crippen LogP contribution in [0.1, 0.15) is 53.0 Å². The van der Waals surface area contributed by atoms with Crippen molar-refractivity contribution in [1.82, 2.24) is 5.32 Å². The third kappa shape index (κ3) is 6.31. The van der Waals surface area contributed by atoms with Crippen LogP contribution in [0.25, 0.3) is 0 Å². The first-order valence-electron chi connectivity index (χ1n) is 10.6. The molecular weight excluding hydrogens is 420 g/mol. The summed E-state index contributed by atoms with van der Waals surface area (Å²) in [5.41, 5.74) is 1.49. The van der Waals surface area contributed by atoms with Crippen LogP contribution in [0.5, 0.6) is 5.75 Å². The molecule has 0 aromatic heterocycles. The fourth-order valence-electron chi connectivity index (χ4n) is 3.41. The van der Waals surface area contributed by atoms with E-state index in [-0.39, 0.29) is 47.5 Å². The number of carbonyl (C=O) groups excluding carboxylic acids is 2. The quantitative estimate of drug-likeness (QED) is 0.537. The number of benzene rings is 1. The van der Waals surface area contributed by atoms with Crippen molar-refractivity contribution < 1.29 is 32.6 Å². The van der Waals surface area contributed by atoms with Crippen LogP contribution in [0.15, 0.2) is 46.8 Å². The lowest BCUT2D eigenvalue weighted by Gasteiger charge is -2.31. The number of hydrogen-bond donors (Lipinski definition) is 1. The zero-order valence-electron chi connectivity index (χ0n) is 19.3. The largest absolute Gasteiger partial charge is 0.462 e. The molecule has 0 radical (unpaired) electrons. The summed E-state index contributed by atoms with van der Waals surface area (Å²) in [5.74, 6) is -2.21. The van der Waals surface area contributed by atoms with Gasteiger partial charge in [-0.05, 0) is 31.7 Å². The number of halogens is 2. The van der Waals surface area contributed by atoms with Gasteiger partial charge in [0.05, 0.1) is 30.3 Å². The number of alkyl halides is 2. The number of nitrogens with one attached hydrogen (secondary N) is 1. The van der Waals surface area contributed by atoms with E-state index in [2.05, 4.69) is 5.32 Å². The highest BCUT2D eigenvalue weighted by Crippen LogP contribution is 2.43. The van der Waals surface area contributed by atoms with Gasteiger partial charge in [0.1, 0.15) is 5.75 Å². The number of carbonyl (C=O) groups is 2. The summed E-state index contributed by atoms with van der Waals surface area (Å²) in [6.45, 7) is 8.22. The van der Waals surface area contributed by atoms with Gasteiger partial charge in [-0.1, -0.05) is 45.9 Å². The van der Waals surface area contributed by atoms with E-state index in [0.29, 0.717) is 11.4 Å². The highest BCUT2D eigenvalue weighted by atomic mass is 19.3. The molecule has 32 heavy (non-hydrogen) atoms. The standard InChI is InChI=1S/C24H31F2NO5/c1-13(2)11-30-22(28)19-15(5)27-16(6)20(23(29)31-12-14(3)4)21(19)17-9-7-8-10-18(17)32-24(25)26/h7-10,13-14,21,24,27H,11-12H2,1-6H3. The van der Waals surface area contributed by atoms with Gasteiger partial charge in [0.25, 0.3) is 0 Å². The molecule has 0 saturated carbocycles. The van der Waals surface area contributed by atoms with Crippen LogP contribution in [0.4, 0.5) is 8.78 Å². The second-order valence-corrected chi connectivity index (χ2v) is 8.54. The highest BCUT2D eigenvalue weighted by molar-refractivity contribution is 6.00. The summed E-state index contributed by atoms with van der Waals surface area (Å²) < 4.78 is 41.8. The summed E-state index contributed by atoms with van der Waals surface area (Å²) in [6.07, 6.45) is 0. The maximum atomic E-state index is 13.1. The summed E-state index contributed by atoms with van der Waals surface area (Å²) in [4.78, 5) is 26.2. The molecule has 1 N–H and O–H groups in total. The smallest absolute Gasteiger partial charge is 0.387 e. The van der Waals surface area contributed by atoms with Gasteiger partial charge in [-0.25, -0.2) is 9.59 Å². The summed E-state index contributed by atoms with van der Waals surface area (Å²) in [7, 11) is 0. The Hall–Kier alpha value is -2.90. The highest BCUT2D eigenvalue weighted by Gasteiger charge is 2.39. The first-order valence-corrected chi connectivity index (χ1v) is 10.6. The maximum absolute atomic E-state index is 13.1. The lowest BCUT2D eigenvalue weighted by Crippen LogP contribution is -2.33. The first kappa shape index (κ1) is 25.4. The van der Waals surface area contributed by atoms with Gasteiger partial charge in [-0.3, -0.25) is 0 Å². The number of rotatable bonds is 9. The second kappa shape index (κ2) is 11.1. The van der Waals surface area contributed by atoms with Gasteiger partial charge in [0.15, 0.2) is 0 Å². The fourth-order valence-corrected chi connectivity index (χ4v) is 3.41. The Morgan fingerprint density at radius 2 is 1.38 bits per heavy atom. The zero-order chi connectivity index (χ0) is 24.0. The number of esters is 2. The Morgan fingerprint density at radius 3 is 1.81 bits per heavy atom. The minimum absolute atomic E-state index is 0.0945. The van der Waals surface area contributed by atoms with Crippen molar-refractivity contribution in [3.8, 4) is 5.75 Å². The number of hydrogen-bond acceptors (Lipinski definition) is 6. The van der Waals surface area contributed by atoms with Gasteiger partial charge in [0.2, 0.25) is 0 Å². The molecule has 0 amide bonds. The van der Waals surface area contributed by atoms with Crippen molar-refractivity contribution in [2.45, 2.75) is 54.1 Å². The van der Waals surface area contributed by atoms with E-state index in [0.717, 1.165) is 0 Å². The lowest BCUT2D eigenvalue weighted by atomic mass is 9.80. The predicted molar refractivity (Wildman–Crippen MR) is 116 cm³/mol. The van der Waals surface area contributed by atoms with Crippen LogP contribution in [0.3, 0.4) is 0 Å². The summed E-state index contributed by atoms with van der Waals surface area (Å²) in [5, 5.41) is 3.05. The predicted octanol–water partition coefficient (Wildman–Crippen LogP) is 4.92. The van der Waals surface area contributed by atoms with E-state index in [1.165, 1.54) is 6.07 Å². The Bertz CT molecular complexity index is 859. The molecule has 0 unspecified atom stereocenters. The Kier molecular flexibility index (Phi) is 8.80. The molecule has 0 bridgehead atoms. The van der Waals surface area contributed by atoms with E-state index in [1.807, 2.05) is 27.7 Å². The fraction of sp³-hybridized carbons (Fsp3) is 0.500. The van der Waals surface area contributed by atoms with E-state index < -0.39 is 24.5 Å². The van der Waals surface area contributed by atoms with Crippen molar-refractivity contribution in [1.29, 1.82) is 0 Å². The van der Waals surface area contributed by atoms with E-state index in [4.69, 9.17) is 14.2 Å². The van der Waals surface area contributed by atoms with Crippen molar-refractivity contribution >= 4 is 11.9 Å². The molecule has 1 aromatic rings. The normalized spacial score (nSPS) is 14.8. The first-order chi connectivity index (χ1) is 15.0. The van der Waals surface area contributed by atoms with Crippen molar-refractivity contribution in [3.05, 3.63) is 52.4 Å². The van der Waals surface area contributed by atoms with Crippen LogP contribution < -0.4 is 10.1 Å². The molecule has 2 rings (SSSR count). The van der Waals surface area contributed by atoms with E-state index in [9.17, 15) is 18.4 Å². The van der Waals surface area contributed by atoms with E-state index >= 15 is 0 Å². The van der Waals surface area contributed by atoms with Crippen LogP contribution in [-0.2, 0) is 19.1 Å². The number of allylic oxidation sites excluding steroid dienone is 2. The Morgan fingerprint density at radius 1 is 0.906 bits per heavy atom. The maximum Gasteiger partial charge on any atom is 0.387 e. The van der Waals surface area contributed by atoms with Crippen molar-refractivity contribution in [2.75, 3.05) is 13.2 Å². The molecule has 1 heterocycles. The third-order valence-corrected chi connectivity index (χ3v) is 4.74. The third-order valence-electron chi connectivity index (χ3n) is 4.74. The van der Waals surface area contributed by atoms with Gasteiger partial charge in [-0.15, -0.1) is 0 Å². The number of dihydropyridines is 1. The van der Waals surface area contributed by atoms with Gasteiger partial charge in [0, 0.05) is 17.0 Å². The van der Waals surface area contributed by atoms with Gasteiger partial charge >= 0.3 is 18.6 Å². The molecule has 0 saturated heterocycles. The molecule has 6 nitrogen and oxygen atoms in total. The van der Waals surface area contributed by atoms with Gasteiger partial charge < -0.3 is 19.5 Å².